The molecule has 1 fully saturated rings. The van der Waals surface area contributed by atoms with Crippen molar-refractivity contribution in [1.29, 1.82) is 0 Å². The van der Waals surface area contributed by atoms with E-state index in [0.717, 1.165) is 30.8 Å². The van der Waals surface area contributed by atoms with E-state index in [1.807, 2.05) is 0 Å². The molecule has 1 aliphatic rings. The van der Waals surface area contributed by atoms with Gasteiger partial charge in [-0.2, -0.15) is 13.2 Å². The van der Waals surface area contributed by atoms with E-state index in [-0.39, 0.29) is 12.4 Å². The second kappa shape index (κ2) is 6.11. The summed E-state index contributed by atoms with van der Waals surface area (Å²) in [6.45, 7) is 1.49. The van der Waals surface area contributed by atoms with Gasteiger partial charge in [0.25, 0.3) is 0 Å². The SMILES string of the molecule is Cl.OC1(Cc2ccc(C(F)(F)F)cc2)CCNCC1. The molecule has 2 N–H and O–H groups in total. The molecule has 0 radical (unpaired) electrons. The van der Waals surface area contributed by atoms with Crippen molar-refractivity contribution >= 4 is 12.4 Å². The second-order valence-electron chi connectivity index (χ2n) is 4.85. The van der Waals surface area contributed by atoms with Gasteiger partial charge in [0, 0.05) is 6.42 Å². The normalized spacial score (nSPS) is 18.7. The molecule has 1 aromatic rings. The molecular weight excluding hydrogens is 279 g/mol. The molecule has 2 rings (SSSR count). The molecular formula is C13H17ClF3NO. The van der Waals surface area contributed by atoms with Gasteiger partial charge in [0.2, 0.25) is 0 Å². The molecule has 1 saturated heterocycles. The topological polar surface area (TPSA) is 32.3 Å². The lowest BCUT2D eigenvalue weighted by molar-refractivity contribution is -0.137. The highest BCUT2D eigenvalue weighted by Crippen LogP contribution is 2.30. The fourth-order valence-electron chi connectivity index (χ4n) is 2.26. The fourth-order valence-corrected chi connectivity index (χ4v) is 2.26. The van der Waals surface area contributed by atoms with Gasteiger partial charge in [0.05, 0.1) is 11.2 Å². The summed E-state index contributed by atoms with van der Waals surface area (Å²) in [4.78, 5) is 0. The van der Waals surface area contributed by atoms with Gasteiger partial charge >= 0.3 is 6.18 Å². The number of benzene rings is 1. The second-order valence-corrected chi connectivity index (χ2v) is 4.85. The zero-order valence-electron chi connectivity index (χ0n) is 10.3. The van der Waals surface area contributed by atoms with Crippen molar-refractivity contribution in [3.05, 3.63) is 35.4 Å². The molecule has 0 aromatic heterocycles. The van der Waals surface area contributed by atoms with Gasteiger partial charge in [-0.3, -0.25) is 0 Å². The van der Waals surface area contributed by atoms with Crippen LogP contribution in [0, 0.1) is 0 Å². The Morgan fingerprint density at radius 3 is 2.11 bits per heavy atom. The minimum absolute atomic E-state index is 0. The van der Waals surface area contributed by atoms with Crippen LogP contribution in [-0.2, 0) is 12.6 Å². The van der Waals surface area contributed by atoms with Crippen LogP contribution in [0.3, 0.4) is 0 Å². The van der Waals surface area contributed by atoms with E-state index < -0.39 is 17.3 Å². The molecule has 108 valence electrons. The fraction of sp³-hybridized carbons (Fsp3) is 0.538. The Morgan fingerprint density at radius 1 is 1.11 bits per heavy atom. The molecule has 19 heavy (non-hydrogen) atoms. The lowest BCUT2D eigenvalue weighted by Gasteiger charge is -2.32. The van der Waals surface area contributed by atoms with Crippen LogP contribution in [0.2, 0.25) is 0 Å². The highest BCUT2D eigenvalue weighted by atomic mass is 35.5. The predicted octanol–water partition coefficient (Wildman–Crippen LogP) is 2.78. The molecule has 0 atom stereocenters. The minimum Gasteiger partial charge on any atom is -0.389 e. The zero-order valence-corrected chi connectivity index (χ0v) is 11.2. The number of nitrogens with one attached hydrogen (secondary N) is 1. The van der Waals surface area contributed by atoms with Crippen LogP contribution < -0.4 is 5.32 Å². The quantitative estimate of drug-likeness (QED) is 0.879. The van der Waals surface area contributed by atoms with Gasteiger partial charge in [-0.25, -0.2) is 0 Å². The van der Waals surface area contributed by atoms with E-state index in [2.05, 4.69) is 5.32 Å². The summed E-state index contributed by atoms with van der Waals surface area (Å²) in [5.41, 5.74) is -0.693. The number of hydrogen-bond donors (Lipinski definition) is 2. The highest BCUT2D eigenvalue weighted by Gasteiger charge is 2.31. The molecule has 1 aromatic carbocycles. The molecule has 1 aliphatic heterocycles. The molecule has 6 heteroatoms. The van der Waals surface area contributed by atoms with E-state index in [1.165, 1.54) is 12.1 Å². The van der Waals surface area contributed by atoms with E-state index in [9.17, 15) is 18.3 Å². The van der Waals surface area contributed by atoms with Crippen LogP contribution in [0.25, 0.3) is 0 Å². The van der Waals surface area contributed by atoms with Crippen LogP contribution in [-0.4, -0.2) is 23.8 Å². The Balaban J connectivity index is 0.00000180. The summed E-state index contributed by atoms with van der Waals surface area (Å²) in [7, 11) is 0. The average Bonchev–Trinajstić information content (AvgIpc) is 2.29. The number of aliphatic hydroxyl groups is 1. The highest BCUT2D eigenvalue weighted by molar-refractivity contribution is 5.85. The van der Waals surface area contributed by atoms with Crippen LogP contribution in [0.15, 0.2) is 24.3 Å². The van der Waals surface area contributed by atoms with Crippen molar-refractivity contribution in [3.63, 3.8) is 0 Å². The lowest BCUT2D eigenvalue weighted by atomic mass is 9.86. The van der Waals surface area contributed by atoms with Gasteiger partial charge in [-0.15, -0.1) is 12.4 Å². The maximum Gasteiger partial charge on any atom is 0.416 e. The summed E-state index contributed by atoms with van der Waals surface area (Å²) >= 11 is 0. The smallest absolute Gasteiger partial charge is 0.389 e. The van der Waals surface area contributed by atoms with Gasteiger partial charge in [-0.05, 0) is 43.6 Å². The van der Waals surface area contributed by atoms with E-state index >= 15 is 0 Å². The molecule has 0 saturated carbocycles. The predicted molar refractivity (Wildman–Crippen MR) is 69.4 cm³/mol. The largest absolute Gasteiger partial charge is 0.416 e. The molecule has 0 spiro atoms. The zero-order chi connectivity index (χ0) is 13.2. The van der Waals surface area contributed by atoms with Gasteiger partial charge in [-0.1, -0.05) is 12.1 Å². The van der Waals surface area contributed by atoms with Gasteiger partial charge < -0.3 is 10.4 Å². The molecule has 2 nitrogen and oxygen atoms in total. The van der Waals surface area contributed by atoms with Crippen LogP contribution in [0.5, 0.6) is 0 Å². The third-order valence-corrected chi connectivity index (χ3v) is 3.35. The van der Waals surface area contributed by atoms with Gasteiger partial charge in [0.15, 0.2) is 0 Å². The summed E-state index contributed by atoms with van der Waals surface area (Å²) in [5, 5.41) is 13.4. The molecule has 0 aliphatic carbocycles. The Labute approximate surface area is 116 Å². The van der Waals surface area contributed by atoms with Crippen molar-refractivity contribution in [3.8, 4) is 0 Å². The first kappa shape index (κ1) is 16.3. The number of piperidine rings is 1. The summed E-state index contributed by atoms with van der Waals surface area (Å²) in [5.74, 6) is 0. The monoisotopic (exact) mass is 295 g/mol. The Bertz CT molecular complexity index is 399. The third kappa shape index (κ3) is 4.37. The van der Waals surface area contributed by atoms with E-state index in [4.69, 9.17) is 0 Å². The maximum atomic E-state index is 12.4. The van der Waals surface area contributed by atoms with Crippen molar-refractivity contribution in [1.82, 2.24) is 5.32 Å². The number of hydrogen-bond acceptors (Lipinski definition) is 2. The van der Waals surface area contributed by atoms with Crippen LogP contribution in [0.1, 0.15) is 24.0 Å². The van der Waals surface area contributed by atoms with Gasteiger partial charge in [0.1, 0.15) is 0 Å². The Morgan fingerprint density at radius 2 is 1.63 bits per heavy atom. The number of rotatable bonds is 2. The van der Waals surface area contributed by atoms with E-state index in [0.29, 0.717) is 19.3 Å². The molecule has 0 bridgehead atoms. The summed E-state index contributed by atoms with van der Waals surface area (Å²) in [6, 6.07) is 5.03. The third-order valence-electron chi connectivity index (χ3n) is 3.35. The van der Waals surface area contributed by atoms with E-state index in [1.54, 1.807) is 0 Å². The van der Waals surface area contributed by atoms with Crippen molar-refractivity contribution in [2.24, 2.45) is 0 Å². The average molecular weight is 296 g/mol. The molecule has 0 amide bonds. The standard InChI is InChI=1S/C13H16F3NO.ClH/c14-13(15,16)11-3-1-10(2-4-11)9-12(18)5-7-17-8-6-12;/h1-4,17-18H,5-9H2;1H. The Hall–Kier alpha value is -0.780. The first-order valence-electron chi connectivity index (χ1n) is 5.98. The van der Waals surface area contributed by atoms with Crippen molar-refractivity contribution in [2.75, 3.05) is 13.1 Å². The lowest BCUT2D eigenvalue weighted by Crippen LogP contribution is -2.43. The summed E-state index contributed by atoms with van der Waals surface area (Å²) < 4.78 is 37.2. The van der Waals surface area contributed by atoms with Crippen molar-refractivity contribution < 1.29 is 18.3 Å². The number of halogens is 4. The minimum atomic E-state index is -4.30. The molecule has 1 heterocycles. The van der Waals surface area contributed by atoms with Crippen LogP contribution >= 0.6 is 12.4 Å². The molecule has 0 unspecified atom stereocenters. The van der Waals surface area contributed by atoms with Crippen molar-refractivity contribution in [2.45, 2.75) is 31.0 Å². The number of alkyl halides is 3. The first-order valence-corrected chi connectivity index (χ1v) is 5.98. The summed E-state index contributed by atoms with van der Waals surface area (Å²) in [6.07, 6.45) is -2.63. The first-order chi connectivity index (χ1) is 8.39. The van der Waals surface area contributed by atoms with Crippen LogP contribution in [0.4, 0.5) is 13.2 Å². The maximum absolute atomic E-state index is 12.4. The Kier molecular flexibility index (Phi) is 5.24.